The van der Waals surface area contributed by atoms with E-state index in [1.165, 1.54) is 12.1 Å². The lowest BCUT2D eigenvalue weighted by Gasteiger charge is -2.15. The Morgan fingerprint density at radius 1 is 1.12 bits per heavy atom. The first-order chi connectivity index (χ1) is 15.3. The number of aromatic hydroxyl groups is 1. The van der Waals surface area contributed by atoms with Crippen LogP contribution in [0, 0.1) is 5.92 Å². The topological polar surface area (TPSA) is 114 Å². The Labute approximate surface area is 187 Å². The Bertz CT molecular complexity index is 1120. The molecule has 5 N–H and O–H groups in total. The average molecular weight is 438 g/mol. The van der Waals surface area contributed by atoms with Gasteiger partial charge < -0.3 is 25.8 Å². The van der Waals surface area contributed by atoms with E-state index in [0.29, 0.717) is 41.9 Å². The summed E-state index contributed by atoms with van der Waals surface area (Å²) in [5.74, 6) is 0.323. The van der Waals surface area contributed by atoms with E-state index in [1.807, 2.05) is 38.1 Å². The van der Waals surface area contributed by atoms with Gasteiger partial charge in [0.15, 0.2) is 0 Å². The standard InChI is InChI=1S/C25H31N3O4/c1-16(2)13-24(32)27-18-7-3-5-17(14-18)6-4-12-26-15-22(30)19-8-10-21(29)25-20(19)9-11-23(31)28-25/h3,5,7-11,14,16,22,26,29-30H,4,6,12-13,15H2,1-2H3,(H,27,32)(H,28,31). The minimum Gasteiger partial charge on any atom is -0.506 e. The number of carbonyl (C=O) groups is 1. The first-order valence-corrected chi connectivity index (χ1v) is 11.0. The van der Waals surface area contributed by atoms with Crippen molar-refractivity contribution in [1.82, 2.24) is 10.3 Å². The second-order valence-corrected chi connectivity index (χ2v) is 8.46. The van der Waals surface area contributed by atoms with Crippen LogP contribution in [0.1, 0.15) is 43.9 Å². The molecule has 1 unspecified atom stereocenters. The van der Waals surface area contributed by atoms with E-state index in [0.717, 1.165) is 24.1 Å². The summed E-state index contributed by atoms with van der Waals surface area (Å²) in [6.45, 7) is 5.11. The van der Waals surface area contributed by atoms with Crippen molar-refractivity contribution in [2.75, 3.05) is 18.4 Å². The zero-order valence-electron chi connectivity index (χ0n) is 18.5. The highest BCUT2D eigenvalue weighted by Crippen LogP contribution is 2.28. The van der Waals surface area contributed by atoms with Crippen LogP contribution in [-0.4, -0.2) is 34.2 Å². The van der Waals surface area contributed by atoms with E-state index in [4.69, 9.17) is 0 Å². The fraction of sp³-hybridized carbons (Fsp3) is 0.360. The molecule has 7 nitrogen and oxygen atoms in total. The summed E-state index contributed by atoms with van der Waals surface area (Å²) in [5, 5.41) is 27.4. The number of nitrogens with one attached hydrogen (secondary N) is 3. The molecule has 32 heavy (non-hydrogen) atoms. The Morgan fingerprint density at radius 3 is 2.72 bits per heavy atom. The van der Waals surface area contributed by atoms with E-state index in [9.17, 15) is 19.8 Å². The number of phenolic OH excluding ortho intramolecular Hbond substituents is 1. The van der Waals surface area contributed by atoms with Gasteiger partial charge >= 0.3 is 0 Å². The minimum atomic E-state index is -0.775. The first kappa shape index (κ1) is 23.5. The average Bonchev–Trinajstić information content (AvgIpc) is 2.73. The van der Waals surface area contributed by atoms with Gasteiger partial charge in [-0.3, -0.25) is 9.59 Å². The van der Waals surface area contributed by atoms with Gasteiger partial charge in [-0.15, -0.1) is 0 Å². The van der Waals surface area contributed by atoms with E-state index < -0.39 is 6.10 Å². The van der Waals surface area contributed by atoms with E-state index >= 15 is 0 Å². The number of aliphatic hydroxyl groups excluding tert-OH is 1. The monoisotopic (exact) mass is 437 g/mol. The SMILES string of the molecule is CC(C)CC(=O)Nc1cccc(CCCNCC(O)c2ccc(O)c3[nH]c(=O)ccc23)c1. The van der Waals surface area contributed by atoms with Crippen molar-refractivity contribution in [1.29, 1.82) is 0 Å². The summed E-state index contributed by atoms with van der Waals surface area (Å²) in [5.41, 5.74) is 2.62. The van der Waals surface area contributed by atoms with Gasteiger partial charge in [-0.1, -0.05) is 32.0 Å². The number of amides is 1. The molecule has 0 fully saturated rings. The number of H-pyrrole nitrogens is 1. The smallest absolute Gasteiger partial charge is 0.248 e. The summed E-state index contributed by atoms with van der Waals surface area (Å²) >= 11 is 0. The number of fused-ring (bicyclic) bond motifs is 1. The number of anilines is 1. The Morgan fingerprint density at radius 2 is 1.94 bits per heavy atom. The zero-order chi connectivity index (χ0) is 23.1. The molecule has 1 aromatic heterocycles. The van der Waals surface area contributed by atoms with E-state index in [2.05, 4.69) is 15.6 Å². The van der Waals surface area contributed by atoms with Gasteiger partial charge in [0.05, 0.1) is 11.6 Å². The number of aromatic nitrogens is 1. The normalized spacial score (nSPS) is 12.2. The van der Waals surface area contributed by atoms with Gasteiger partial charge in [0.2, 0.25) is 11.5 Å². The second kappa shape index (κ2) is 10.9. The highest BCUT2D eigenvalue weighted by molar-refractivity contribution is 5.90. The van der Waals surface area contributed by atoms with Crippen LogP contribution in [0.4, 0.5) is 5.69 Å². The van der Waals surface area contributed by atoms with Crippen LogP contribution >= 0.6 is 0 Å². The molecule has 7 heteroatoms. The van der Waals surface area contributed by atoms with Crippen LogP contribution < -0.4 is 16.2 Å². The van der Waals surface area contributed by atoms with Crippen molar-refractivity contribution in [2.24, 2.45) is 5.92 Å². The first-order valence-electron chi connectivity index (χ1n) is 11.0. The molecule has 3 aromatic rings. The third kappa shape index (κ3) is 6.42. The predicted molar refractivity (Wildman–Crippen MR) is 127 cm³/mol. The van der Waals surface area contributed by atoms with Gasteiger partial charge in [0, 0.05) is 30.1 Å². The predicted octanol–water partition coefficient (Wildman–Crippen LogP) is 3.47. The van der Waals surface area contributed by atoms with Gasteiger partial charge in [0.1, 0.15) is 5.75 Å². The fourth-order valence-corrected chi connectivity index (χ4v) is 3.70. The summed E-state index contributed by atoms with van der Waals surface area (Å²) in [4.78, 5) is 26.1. The molecule has 0 bridgehead atoms. The Kier molecular flexibility index (Phi) is 8.03. The van der Waals surface area contributed by atoms with Gasteiger partial charge in [0.25, 0.3) is 0 Å². The molecule has 1 atom stereocenters. The highest BCUT2D eigenvalue weighted by Gasteiger charge is 2.13. The van der Waals surface area contributed by atoms with Crippen LogP contribution in [0.3, 0.4) is 0 Å². The number of pyridine rings is 1. The third-order valence-corrected chi connectivity index (χ3v) is 5.23. The molecule has 1 heterocycles. The van der Waals surface area contributed by atoms with Crippen LogP contribution in [0.2, 0.25) is 0 Å². The van der Waals surface area contributed by atoms with Crippen molar-refractivity contribution in [3.8, 4) is 5.75 Å². The number of aliphatic hydroxyl groups is 1. The maximum atomic E-state index is 12.0. The number of hydrogen-bond acceptors (Lipinski definition) is 5. The summed E-state index contributed by atoms with van der Waals surface area (Å²) < 4.78 is 0. The molecule has 0 saturated heterocycles. The molecule has 3 rings (SSSR count). The molecular formula is C25H31N3O4. The van der Waals surface area contributed by atoms with E-state index in [-0.39, 0.29) is 17.2 Å². The van der Waals surface area contributed by atoms with Crippen LogP contribution in [-0.2, 0) is 11.2 Å². The Hall–Kier alpha value is -3.16. The minimum absolute atomic E-state index is 0.0239. The quantitative estimate of drug-likeness (QED) is 0.312. The van der Waals surface area contributed by atoms with Crippen molar-refractivity contribution >= 4 is 22.5 Å². The van der Waals surface area contributed by atoms with Gasteiger partial charge in [-0.25, -0.2) is 0 Å². The molecule has 0 aliphatic heterocycles. The van der Waals surface area contributed by atoms with Crippen molar-refractivity contribution < 1.29 is 15.0 Å². The molecule has 0 spiro atoms. The summed E-state index contributed by atoms with van der Waals surface area (Å²) in [6, 6.07) is 14.0. The van der Waals surface area contributed by atoms with Crippen LogP contribution in [0.15, 0.2) is 53.3 Å². The molecule has 1 amide bonds. The number of benzene rings is 2. The largest absolute Gasteiger partial charge is 0.506 e. The lowest BCUT2D eigenvalue weighted by atomic mass is 10.0. The Balaban J connectivity index is 1.49. The molecule has 0 aliphatic rings. The second-order valence-electron chi connectivity index (χ2n) is 8.46. The van der Waals surface area contributed by atoms with Crippen molar-refractivity contribution in [3.05, 3.63) is 70.0 Å². The maximum Gasteiger partial charge on any atom is 0.248 e. The third-order valence-electron chi connectivity index (χ3n) is 5.23. The summed E-state index contributed by atoms with van der Waals surface area (Å²) in [6.07, 6.45) is 1.45. The van der Waals surface area contributed by atoms with Crippen molar-refractivity contribution in [2.45, 2.75) is 39.2 Å². The zero-order valence-corrected chi connectivity index (χ0v) is 18.5. The lowest BCUT2D eigenvalue weighted by Crippen LogP contribution is -2.23. The molecule has 170 valence electrons. The van der Waals surface area contributed by atoms with Gasteiger partial charge in [-0.05, 0) is 60.7 Å². The number of carbonyl (C=O) groups excluding carboxylic acids is 1. The molecular weight excluding hydrogens is 406 g/mol. The molecule has 2 aromatic carbocycles. The van der Waals surface area contributed by atoms with Crippen LogP contribution in [0.25, 0.3) is 10.9 Å². The van der Waals surface area contributed by atoms with Gasteiger partial charge in [-0.2, -0.15) is 0 Å². The highest BCUT2D eigenvalue weighted by atomic mass is 16.3. The number of aromatic amines is 1. The molecule has 0 aliphatic carbocycles. The molecule has 0 saturated carbocycles. The number of phenols is 1. The van der Waals surface area contributed by atoms with Crippen molar-refractivity contribution in [3.63, 3.8) is 0 Å². The van der Waals surface area contributed by atoms with Crippen LogP contribution in [0.5, 0.6) is 5.75 Å². The summed E-state index contributed by atoms with van der Waals surface area (Å²) in [7, 11) is 0. The van der Waals surface area contributed by atoms with E-state index in [1.54, 1.807) is 12.1 Å². The lowest BCUT2D eigenvalue weighted by molar-refractivity contribution is -0.116. The number of aryl methyl sites for hydroxylation is 1. The number of rotatable bonds is 10. The maximum absolute atomic E-state index is 12.0. The number of hydrogen-bond donors (Lipinski definition) is 5. The fourth-order valence-electron chi connectivity index (χ4n) is 3.70. The molecule has 0 radical (unpaired) electrons.